The first-order valence-electron chi connectivity index (χ1n) is 7.33. The Hall–Kier alpha value is -1.63. The molecule has 0 aromatic heterocycles. The van der Waals surface area contributed by atoms with Gasteiger partial charge in [0.1, 0.15) is 0 Å². The molecule has 19 heavy (non-hydrogen) atoms. The van der Waals surface area contributed by atoms with E-state index in [4.69, 9.17) is 0 Å². The largest absolute Gasteiger partial charge is 0.294 e. The van der Waals surface area contributed by atoms with Crippen molar-refractivity contribution in [3.8, 4) is 0 Å². The Morgan fingerprint density at radius 3 is 2.84 bits per heavy atom. The van der Waals surface area contributed by atoms with E-state index in [0.29, 0.717) is 11.7 Å². The lowest BCUT2D eigenvalue weighted by Gasteiger charge is -2.11. The van der Waals surface area contributed by atoms with Crippen molar-refractivity contribution in [1.29, 1.82) is 0 Å². The monoisotopic (exact) mass is 250 g/mol. The van der Waals surface area contributed by atoms with Gasteiger partial charge in [0.2, 0.25) is 0 Å². The van der Waals surface area contributed by atoms with E-state index in [1.54, 1.807) is 0 Å². The molecule has 2 aromatic rings. The van der Waals surface area contributed by atoms with Crippen LogP contribution in [0.25, 0.3) is 10.8 Å². The number of aryl methyl sites for hydroxylation is 3. The summed E-state index contributed by atoms with van der Waals surface area (Å²) in [6.07, 6.45) is 5.16. The van der Waals surface area contributed by atoms with E-state index in [2.05, 4.69) is 31.2 Å². The number of Topliss-reactive ketones (excluding diaryl/α,β-unsaturated/α-hetero) is 1. The highest BCUT2D eigenvalue weighted by Crippen LogP contribution is 2.37. The van der Waals surface area contributed by atoms with E-state index in [1.165, 1.54) is 27.5 Å². The third kappa shape index (κ3) is 1.57. The van der Waals surface area contributed by atoms with E-state index < -0.39 is 0 Å². The molecule has 2 aliphatic rings. The summed E-state index contributed by atoms with van der Waals surface area (Å²) >= 11 is 0. The highest BCUT2D eigenvalue weighted by Gasteiger charge is 2.25. The van der Waals surface area contributed by atoms with E-state index in [9.17, 15) is 4.79 Å². The summed E-state index contributed by atoms with van der Waals surface area (Å²) in [6, 6.07) is 8.82. The van der Waals surface area contributed by atoms with E-state index >= 15 is 0 Å². The van der Waals surface area contributed by atoms with Crippen molar-refractivity contribution >= 4 is 16.6 Å². The smallest absolute Gasteiger partial charge is 0.163 e. The Labute approximate surface area is 113 Å². The van der Waals surface area contributed by atoms with Crippen LogP contribution in [0.2, 0.25) is 0 Å². The van der Waals surface area contributed by atoms with E-state index in [1.807, 2.05) is 0 Å². The minimum absolute atomic E-state index is 0.357. The molecular weight excluding hydrogens is 232 g/mol. The van der Waals surface area contributed by atoms with Gasteiger partial charge in [-0.15, -0.1) is 0 Å². The number of hydrogen-bond acceptors (Lipinski definition) is 1. The quantitative estimate of drug-likeness (QED) is 0.643. The lowest BCUT2D eigenvalue weighted by molar-refractivity contribution is 0.0967. The molecule has 1 heteroatoms. The van der Waals surface area contributed by atoms with Gasteiger partial charge in [0, 0.05) is 12.0 Å². The molecule has 96 valence electrons. The van der Waals surface area contributed by atoms with Gasteiger partial charge in [0.15, 0.2) is 5.78 Å². The van der Waals surface area contributed by atoms with Gasteiger partial charge in [-0.2, -0.15) is 0 Å². The van der Waals surface area contributed by atoms with Crippen molar-refractivity contribution in [2.75, 3.05) is 0 Å². The molecule has 0 saturated heterocycles. The molecule has 1 atom stereocenters. The second-order valence-corrected chi connectivity index (χ2v) is 6.17. The zero-order valence-corrected chi connectivity index (χ0v) is 11.3. The highest BCUT2D eigenvalue weighted by atomic mass is 16.1. The van der Waals surface area contributed by atoms with Crippen molar-refractivity contribution < 1.29 is 4.79 Å². The van der Waals surface area contributed by atoms with Gasteiger partial charge in [0.05, 0.1) is 0 Å². The summed E-state index contributed by atoms with van der Waals surface area (Å²) in [4.78, 5) is 12.4. The molecular formula is C18H18O. The van der Waals surface area contributed by atoms with Gasteiger partial charge in [-0.3, -0.25) is 4.79 Å². The summed E-state index contributed by atoms with van der Waals surface area (Å²) in [6.45, 7) is 2.20. The molecule has 1 nitrogen and oxygen atoms in total. The van der Waals surface area contributed by atoms with E-state index in [-0.39, 0.29) is 0 Å². The van der Waals surface area contributed by atoms with Crippen LogP contribution in [-0.4, -0.2) is 5.78 Å². The fourth-order valence-electron chi connectivity index (χ4n) is 3.82. The summed E-state index contributed by atoms with van der Waals surface area (Å²) < 4.78 is 0. The first-order valence-corrected chi connectivity index (χ1v) is 7.33. The number of hydrogen-bond donors (Lipinski definition) is 0. The van der Waals surface area contributed by atoms with Crippen LogP contribution >= 0.6 is 0 Å². The van der Waals surface area contributed by atoms with Crippen molar-refractivity contribution in [1.82, 2.24) is 0 Å². The maximum atomic E-state index is 12.4. The normalized spacial score (nSPS) is 21.5. The predicted molar refractivity (Wildman–Crippen MR) is 77.8 cm³/mol. The average Bonchev–Trinajstić information content (AvgIpc) is 2.75. The Kier molecular flexibility index (Phi) is 2.32. The van der Waals surface area contributed by atoms with Crippen LogP contribution in [-0.2, 0) is 19.3 Å². The SMILES string of the molecule is CC1CCc2c(cc3c4c(cccc24)CC3)C(=O)C1. The summed E-state index contributed by atoms with van der Waals surface area (Å²) in [5, 5.41) is 2.80. The third-order valence-electron chi connectivity index (χ3n) is 4.83. The lowest BCUT2D eigenvalue weighted by Crippen LogP contribution is -2.04. The van der Waals surface area contributed by atoms with Crippen LogP contribution in [0.1, 0.15) is 46.8 Å². The van der Waals surface area contributed by atoms with Crippen LogP contribution in [0.3, 0.4) is 0 Å². The Balaban J connectivity index is 2.06. The summed E-state index contributed by atoms with van der Waals surface area (Å²) in [5.41, 5.74) is 5.20. The molecule has 2 aliphatic carbocycles. The first-order chi connectivity index (χ1) is 9.24. The molecule has 0 aliphatic heterocycles. The molecule has 1 unspecified atom stereocenters. The maximum absolute atomic E-state index is 12.4. The molecule has 0 saturated carbocycles. The number of carbonyl (C=O) groups excluding carboxylic acids is 1. The zero-order chi connectivity index (χ0) is 13.0. The van der Waals surface area contributed by atoms with Crippen molar-refractivity contribution in [2.24, 2.45) is 5.92 Å². The zero-order valence-electron chi connectivity index (χ0n) is 11.3. The molecule has 0 radical (unpaired) electrons. The van der Waals surface area contributed by atoms with Gasteiger partial charge >= 0.3 is 0 Å². The van der Waals surface area contributed by atoms with Crippen molar-refractivity contribution in [3.63, 3.8) is 0 Å². The number of benzene rings is 2. The highest BCUT2D eigenvalue weighted by molar-refractivity contribution is 6.05. The topological polar surface area (TPSA) is 17.1 Å². The van der Waals surface area contributed by atoms with Crippen LogP contribution in [0.15, 0.2) is 24.3 Å². The molecule has 0 fully saturated rings. The number of ketones is 1. The second-order valence-electron chi connectivity index (χ2n) is 6.17. The summed E-state index contributed by atoms with van der Waals surface area (Å²) in [7, 11) is 0. The molecule has 2 aromatic carbocycles. The van der Waals surface area contributed by atoms with Crippen LogP contribution in [0.5, 0.6) is 0 Å². The van der Waals surface area contributed by atoms with E-state index in [0.717, 1.165) is 37.7 Å². The lowest BCUT2D eigenvalue weighted by atomic mass is 9.92. The fraction of sp³-hybridized carbons (Fsp3) is 0.389. The third-order valence-corrected chi connectivity index (χ3v) is 4.83. The number of fused-ring (bicyclic) bond motifs is 2. The maximum Gasteiger partial charge on any atom is 0.163 e. The number of carbonyl (C=O) groups is 1. The summed E-state index contributed by atoms with van der Waals surface area (Å²) in [5.74, 6) is 0.875. The molecule has 0 amide bonds. The van der Waals surface area contributed by atoms with Crippen LogP contribution < -0.4 is 0 Å². The fourth-order valence-corrected chi connectivity index (χ4v) is 3.82. The molecule has 0 N–H and O–H groups in total. The average molecular weight is 250 g/mol. The molecule has 0 bridgehead atoms. The first kappa shape index (κ1) is 11.2. The molecule has 0 spiro atoms. The van der Waals surface area contributed by atoms with Crippen LogP contribution in [0, 0.1) is 5.92 Å². The number of rotatable bonds is 0. The molecule has 0 heterocycles. The van der Waals surface area contributed by atoms with Gasteiger partial charge in [-0.25, -0.2) is 0 Å². The van der Waals surface area contributed by atoms with Crippen molar-refractivity contribution in [2.45, 2.75) is 39.0 Å². The Morgan fingerprint density at radius 2 is 1.95 bits per heavy atom. The van der Waals surface area contributed by atoms with Crippen molar-refractivity contribution in [3.05, 3.63) is 46.5 Å². The second kappa shape index (κ2) is 3.93. The minimum Gasteiger partial charge on any atom is -0.294 e. The predicted octanol–water partition coefficient (Wildman–Crippen LogP) is 4.09. The van der Waals surface area contributed by atoms with Crippen LogP contribution in [0.4, 0.5) is 0 Å². The van der Waals surface area contributed by atoms with Gasteiger partial charge in [-0.1, -0.05) is 25.1 Å². The minimum atomic E-state index is 0.357. The Morgan fingerprint density at radius 1 is 1.11 bits per heavy atom. The van der Waals surface area contributed by atoms with Gasteiger partial charge in [0.25, 0.3) is 0 Å². The van der Waals surface area contributed by atoms with Gasteiger partial charge in [-0.05, 0) is 65.1 Å². The molecule has 4 rings (SSSR count). The van der Waals surface area contributed by atoms with Gasteiger partial charge < -0.3 is 0 Å². The Bertz CT molecular complexity index is 696. The standard InChI is InChI=1S/C18H18O/c1-11-5-8-14-15-4-2-3-12-6-7-13(18(12)15)10-16(14)17(19)9-11/h2-4,10-11H,5-9H2,1H3.